The molecule has 0 spiro atoms. The number of ether oxygens (including phenoxy) is 1. The number of carbonyl (C=O) groups excluding carboxylic acids is 1. The standard InChI is InChI=1S/C17H17BrFNO2S/c1-12-2-7-16(15(19)10-12)20-17(21)11-23-9-8-22-14-5-3-13(18)4-6-14/h2-7,10H,8-9,11H2,1H3,(H,20,21). The number of halogens is 2. The number of hydrogen-bond donors (Lipinski definition) is 1. The molecule has 2 aromatic rings. The van der Waals surface area contributed by atoms with Gasteiger partial charge < -0.3 is 10.1 Å². The molecule has 0 fully saturated rings. The lowest BCUT2D eigenvalue weighted by molar-refractivity contribution is -0.113. The molecule has 23 heavy (non-hydrogen) atoms. The topological polar surface area (TPSA) is 38.3 Å². The minimum absolute atomic E-state index is 0.215. The molecule has 0 aromatic heterocycles. The summed E-state index contributed by atoms with van der Waals surface area (Å²) in [4.78, 5) is 11.8. The predicted octanol–water partition coefficient (Wildman–Crippen LogP) is 4.65. The maximum Gasteiger partial charge on any atom is 0.234 e. The fourth-order valence-corrected chi connectivity index (χ4v) is 2.69. The van der Waals surface area contributed by atoms with Gasteiger partial charge in [0.05, 0.1) is 18.0 Å². The number of anilines is 1. The Balaban J connectivity index is 1.65. The number of rotatable bonds is 7. The van der Waals surface area contributed by atoms with Gasteiger partial charge in [-0.15, -0.1) is 11.8 Å². The van der Waals surface area contributed by atoms with Crippen molar-refractivity contribution in [1.82, 2.24) is 0 Å². The molecule has 3 nitrogen and oxygen atoms in total. The molecule has 0 heterocycles. The van der Waals surface area contributed by atoms with Crippen molar-refractivity contribution < 1.29 is 13.9 Å². The second-order valence-electron chi connectivity index (χ2n) is 4.89. The normalized spacial score (nSPS) is 10.4. The average Bonchev–Trinajstić information content (AvgIpc) is 2.51. The van der Waals surface area contributed by atoms with E-state index in [1.54, 1.807) is 19.1 Å². The number of carbonyl (C=O) groups is 1. The van der Waals surface area contributed by atoms with E-state index in [0.717, 1.165) is 15.8 Å². The van der Waals surface area contributed by atoms with Gasteiger partial charge in [0, 0.05) is 10.2 Å². The summed E-state index contributed by atoms with van der Waals surface area (Å²) in [6.45, 7) is 2.31. The number of hydrogen-bond acceptors (Lipinski definition) is 3. The molecular formula is C17H17BrFNO2S. The molecular weight excluding hydrogens is 381 g/mol. The van der Waals surface area contributed by atoms with Crippen molar-refractivity contribution in [3.8, 4) is 5.75 Å². The zero-order chi connectivity index (χ0) is 16.7. The van der Waals surface area contributed by atoms with Crippen LogP contribution < -0.4 is 10.1 Å². The van der Waals surface area contributed by atoms with Crippen LogP contribution in [0.3, 0.4) is 0 Å². The second kappa shape index (κ2) is 8.93. The van der Waals surface area contributed by atoms with Crippen molar-refractivity contribution in [2.45, 2.75) is 6.92 Å². The molecule has 0 saturated carbocycles. The van der Waals surface area contributed by atoms with Crippen LogP contribution in [0.2, 0.25) is 0 Å². The molecule has 0 saturated heterocycles. The van der Waals surface area contributed by atoms with Crippen LogP contribution in [-0.4, -0.2) is 24.0 Å². The highest BCUT2D eigenvalue weighted by molar-refractivity contribution is 9.10. The molecule has 0 aliphatic rings. The molecule has 0 aliphatic carbocycles. The molecule has 2 aromatic carbocycles. The van der Waals surface area contributed by atoms with Gasteiger partial charge in [-0.2, -0.15) is 0 Å². The van der Waals surface area contributed by atoms with Crippen molar-refractivity contribution in [1.29, 1.82) is 0 Å². The molecule has 122 valence electrons. The first-order valence-electron chi connectivity index (χ1n) is 7.07. The summed E-state index contributed by atoms with van der Waals surface area (Å²) in [5, 5.41) is 2.57. The fraction of sp³-hybridized carbons (Fsp3) is 0.235. The monoisotopic (exact) mass is 397 g/mol. The van der Waals surface area contributed by atoms with Crippen molar-refractivity contribution in [3.63, 3.8) is 0 Å². The quantitative estimate of drug-likeness (QED) is 0.691. The summed E-state index contributed by atoms with van der Waals surface area (Å²) in [7, 11) is 0. The van der Waals surface area contributed by atoms with Crippen LogP contribution >= 0.6 is 27.7 Å². The molecule has 0 atom stereocenters. The number of benzene rings is 2. The van der Waals surface area contributed by atoms with E-state index in [1.807, 2.05) is 24.3 Å². The number of aryl methyl sites for hydroxylation is 1. The zero-order valence-electron chi connectivity index (χ0n) is 12.6. The largest absolute Gasteiger partial charge is 0.493 e. The Labute approximate surface area is 147 Å². The average molecular weight is 398 g/mol. The molecule has 6 heteroatoms. The molecule has 2 rings (SSSR count). The third-order valence-electron chi connectivity index (χ3n) is 2.94. The van der Waals surface area contributed by atoms with Gasteiger partial charge >= 0.3 is 0 Å². The van der Waals surface area contributed by atoms with Gasteiger partial charge in [0.15, 0.2) is 0 Å². The van der Waals surface area contributed by atoms with Crippen molar-refractivity contribution >= 4 is 39.3 Å². The maximum absolute atomic E-state index is 13.6. The third kappa shape index (κ3) is 6.23. The van der Waals surface area contributed by atoms with Crippen molar-refractivity contribution in [2.24, 2.45) is 0 Å². The molecule has 0 aliphatic heterocycles. The lowest BCUT2D eigenvalue weighted by Crippen LogP contribution is -2.16. The smallest absolute Gasteiger partial charge is 0.234 e. The minimum atomic E-state index is -0.415. The van der Waals surface area contributed by atoms with Crippen molar-refractivity contribution in [3.05, 3.63) is 58.3 Å². The van der Waals surface area contributed by atoms with Gasteiger partial charge in [0.25, 0.3) is 0 Å². The highest BCUT2D eigenvalue weighted by Gasteiger charge is 2.07. The second-order valence-corrected chi connectivity index (χ2v) is 6.91. The third-order valence-corrected chi connectivity index (χ3v) is 4.39. The molecule has 0 radical (unpaired) electrons. The summed E-state index contributed by atoms with van der Waals surface area (Å²) < 4.78 is 20.2. The van der Waals surface area contributed by atoms with Gasteiger partial charge in [0.2, 0.25) is 5.91 Å². The van der Waals surface area contributed by atoms with Gasteiger partial charge in [-0.05, 0) is 48.9 Å². The zero-order valence-corrected chi connectivity index (χ0v) is 15.0. The van der Waals surface area contributed by atoms with Gasteiger partial charge in [-0.1, -0.05) is 22.0 Å². The van der Waals surface area contributed by atoms with Crippen LogP contribution in [0.4, 0.5) is 10.1 Å². The van der Waals surface area contributed by atoms with E-state index in [0.29, 0.717) is 12.4 Å². The van der Waals surface area contributed by atoms with Gasteiger partial charge in [0.1, 0.15) is 11.6 Å². The number of nitrogens with one attached hydrogen (secondary N) is 1. The summed E-state index contributed by atoms with van der Waals surface area (Å²) in [5.74, 6) is 1.10. The van der Waals surface area contributed by atoms with E-state index in [1.165, 1.54) is 17.8 Å². The predicted molar refractivity (Wildman–Crippen MR) is 96.7 cm³/mol. The Kier molecular flexibility index (Phi) is 6.92. The first-order valence-corrected chi connectivity index (χ1v) is 9.01. The molecule has 1 N–H and O–H groups in total. The van der Waals surface area contributed by atoms with E-state index in [4.69, 9.17) is 4.74 Å². The van der Waals surface area contributed by atoms with E-state index in [-0.39, 0.29) is 17.3 Å². The Morgan fingerprint density at radius 2 is 2.00 bits per heavy atom. The molecule has 0 bridgehead atoms. The first kappa shape index (κ1) is 17.8. The Bertz CT molecular complexity index is 664. The van der Waals surface area contributed by atoms with Crippen LogP contribution in [0.15, 0.2) is 46.9 Å². The van der Waals surface area contributed by atoms with Gasteiger partial charge in [-0.25, -0.2) is 4.39 Å². The van der Waals surface area contributed by atoms with E-state index < -0.39 is 5.82 Å². The van der Waals surface area contributed by atoms with Crippen LogP contribution in [0.1, 0.15) is 5.56 Å². The Morgan fingerprint density at radius 3 is 2.70 bits per heavy atom. The highest BCUT2D eigenvalue weighted by Crippen LogP contribution is 2.17. The SMILES string of the molecule is Cc1ccc(NC(=O)CSCCOc2ccc(Br)cc2)c(F)c1. The summed E-state index contributed by atoms with van der Waals surface area (Å²) in [5.41, 5.74) is 1.03. The van der Waals surface area contributed by atoms with E-state index >= 15 is 0 Å². The van der Waals surface area contributed by atoms with Crippen LogP contribution in [-0.2, 0) is 4.79 Å². The highest BCUT2D eigenvalue weighted by atomic mass is 79.9. The first-order chi connectivity index (χ1) is 11.0. The summed E-state index contributed by atoms with van der Waals surface area (Å²) >= 11 is 4.80. The number of thioether (sulfide) groups is 1. The Hall–Kier alpha value is -1.53. The maximum atomic E-state index is 13.6. The van der Waals surface area contributed by atoms with Crippen LogP contribution in [0, 0.1) is 12.7 Å². The van der Waals surface area contributed by atoms with Crippen LogP contribution in [0.25, 0.3) is 0 Å². The van der Waals surface area contributed by atoms with E-state index in [2.05, 4.69) is 21.2 Å². The number of amides is 1. The Morgan fingerprint density at radius 1 is 1.26 bits per heavy atom. The molecule has 0 unspecified atom stereocenters. The van der Waals surface area contributed by atoms with E-state index in [9.17, 15) is 9.18 Å². The lowest BCUT2D eigenvalue weighted by atomic mass is 10.2. The van der Waals surface area contributed by atoms with Crippen LogP contribution in [0.5, 0.6) is 5.75 Å². The fourth-order valence-electron chi connectivity index (χ4n) is 1.82. The lowest BCUT2D eigenvalue weighted by Gasteiger charge is -2.08. The van der Waals surface area contributed by atoms with Crippen molar-refractivity contribution in [2.75, 3.05) is 23.4 Å². The summed E-state index contributed by atoms with van der Waals surface area (Å²) in [6, 6.07) is 12.3. The molecule has 1 amide bonds. The minimum Gasteiger partial charge on any atom is -0.493 e. The van der Waals surface area contributed by atoms with Gasteiger partial charge in [-0.3, -0.25) is 4.79 Å². The summed E-state index contributed by atoms with van der Waals surface area (Å²) in [6.07, 6.45) is 0.